The molecule has 3 heterocycles. The van der Waals surface area contributed by atoms with Crippen molar-refractivity contribution in [3.05, 3.63) is 84.8 Å². The average molecular weight is 427 g/mol. The maximum Gasteiger partial charge on any atom is 0.135 e. The minimum absolute atomic E-state index is 0.152. The van der Waals surface area contributed by atoms with Crippen LogP contribution < -0.4 is 19.6 Å². The standard InChI is InChI=1S/C26H26N6/c1-29-19-9-5-10-20(17-19)30(2)25-15-8-16-26(28-25)32(4)22-12-6-11-21(18-22)31(3)24-14-7-13-23(29)27-24/h5-18H,1-4H3/i13D,14D,15D,16D. The van der Waals surface area contributed by atoms with E-state index in [2.05, 4.69) is 0 Å². The molecule has 160 valence electrons. The molecule has 2 aromatic carbocycles. The molecule has 0 aliphatic carbocycles. The molecule has 0 unspecified atom stereocenters. The highest BCUT2D eigenvalue weighted by molar-refractivity contribution is 5.73. The highest BCUT2D eigenvalue weighted by Crippen LogP contribution is 2.34. The monoisotopic (exact) mass is 426 g/mol. The predicted octanol–water partition coefficient (Wildman–Crippen LogP) is 5.86. The number of aromatic nitrogens is 2. The summed E-state index contributed by atoms with van der Waals surface area (Å²) in [6.07, 6.45) is 0. The lowest BCUT2D eigenvalue weighted by atomic mass is 10.2. The summed E-state index contributed by atoms with van der Waals surface area (Å²) in [5.74, 6) is 1.70. The topological polar surface area (TPSA) is 38.7 Å². The first-order valence-electron chi connectivity index (χ1n) is 12.3. The lowest BCUT2D eigenvalue weighted by Gasteiger charge is -2.27. The van der Waals surface area contributed by atoms with Crippen LogP contribution in [0, 0.1) is 0 Å². The third kappa shape index (κ3) is 3.50. The van der Waals surface area contributed by atoms with Crippen LogP contribution in [-0.2, 0) is 0 Å². The lowest BCUT2D eigenvalue weighted by Crippen LogP contribution is -2.18. The van der Waals surface area contributed by atoms with Crippen molar-refractivity contribution in [2.45, 2.75) is 0 Å². The summed E-state index contributed by atoms with van der Waals surface area (Å²) in [4.78, 5) is 16.8. The Morgan fingerprint density at radius 1 is 0.500 bits per heavy atom. The Morgan fingerprint density at radius 2 is 0.781 bits per heavy atom. The largest absolute Gasteiger partial charge is 0.329 e. The van der Waals surface area contributed by atoms with Gasteiger partial charge in [-0.25, -0.2) is 9.97 Å². The van der Waals surface area contributed by atoms with Crippen LogP contribution in [0.1, 0.15) is 5.48 Å². The molecule has 0 radical (unpaired) electrons. The molecule has 4 aromatic rings. The predicted molar refractivity (Wildman–Crippen MR) is 134 cm³/mol. The smallest absolute Gasteiger partial charge is 0.135 e. The molecule has 1 aliphatic rings. The van der Waals surface area contributed by atoms with Crippen molar-refractivity contribution >= 4 is 46.0 Å². The number of pyridine rings is 2. The summed E-state index contributed by atoms with van der Waals surface area (Å²) in [6, 6.07) is 19.0. The first-order valence-corrected chi connectivity index (χ1v) is 10.3. The van der Waals surface area contributed by atoms with Gasteiger partial charge in [0, 0.05) is 50.9 Å². The number of benzene rings is 2. The van der Waals surface area contributed by atoms with Crippen LogP contribution in [0.15, 0.2) is 84.8 Å². The molecule has 5 rings (SSSR count). The summed E-state index contributed by atoms with van der Waals surface area (Å²) in [6.45, 7) is 0. The first kappa shape index (κ1) is 15.7. The van der Waals surface area contributed by atoms with E-state index in [-0.39, 0.29) is 24.2 Å². The summed E-state index contributed by atoms with van der Waals surface area (Å²) >= 11 is 0. The van der Waals surface area contributed by atoms with Crippen molar-refractivity contribution in [3.63, 3.8) is 0 Å². The van der Waals surface area contributed by atoms with Crippen molar-refractivity contribution in [1.29, 1.82) is 0 Å². The van der Waals surface area contributed by atoms with E-state index < -0.39 is 0 Å². The first-order chi connectivity index (χ1) is 17.2. The molecule has 0 saturated carbocycles. The van der Waals surface area contributed by atoms with Crippen LogP contribution in [0.5, 0.6) is 0 Å². The lowest BCUT2D eigenvalue weighted by molar-refractivity contribution is 1.06. The van der Waals surface area contributed by atoms with Gasteiger partial charge in [0.05, 0.1) is 5.48 Å². The molecule has 8 bridgehead atoms. The second-order valence-electron chi connectivity index (χ2n) is 7.66. The van der Waals surface area contributed by atoms with Crippen molar-refractivity contribution < 1.29 is 5.48 Å². The zero-order valence-electron chi connectivity index (χ0n) is 22.5. The fourth-order valence-corrected chi connectivity index (χ4v) is 3.66. The molecule has 0 spiro atoms. The van der Waals surface area contributed by atoms with Gasteiger partial charge in [-0.2, -0.15) is 0 Å². The quantitative estimate of drug-likeness (QED) is 0.351. The maximum atomic E-state index is 8.51. The second kappa shape index (κ2) is 7.89. The van der Waals surface area contributed by atoms with Crippen molar-refractivity contribution in [3.8, 4) is 0 Å². The van der Waals surface area contributed by atoms with Gasteiger partial charge in [-0.15, -0.1) is 0 Å². The van der Waals surface area contributed by atoms with E-state index in [0.29, 0.717) is 23.3 Å². The van der Waals surface area contributed by atoms with Gasteiger partial charge in [0.25, 0.3) is 0 Å². The number of hydrogen-bond donors (Lipinski definition) is 0. The zero-order valence-corrected chi connectivity index (χ0v) is 18.5. The van der Waals surface area contributed by atoms with E-state index >= 15 is 0 Å². The fraction of sp³-hybridized carbons (Fsp3) is 0.154. The molecule has 0 N–H and O–H groups in total. The van der Waals surface area contributed by atoms with Gasteiger partial charge >= 0.3 is 0 Å². The normalized spacial score (nSPS) is 15.1. The van der Waals surface area contributed by atoms with Crippen LogP contribution in [0.2, 0.25) is 0 Å². The molecule has 0 amide bonds. The summed E-state index contributed by atoms with van der Waals surface area (Å²) in [7, 11) is 7.36. The summed E-state index contributed by atoms with van der Waals surface area (Å²) in [5.41, 5.74) is 3.17. The molecule has 6 heteroatoms. The Bertz CT molecular complexity index is 1270. The molecule has 6 nitrogen and oxygen atoms in total. The fourth-order valence-electron chi connectivity index (χ4n) is 3.66. The molecule has 0 fully saturated rings. The summed E-state index contributed by atoms with van der Waals surface area (Å²) in [5, 5.41) is 0. The Kier molecular flexibility index (Phi) is 3.87. The van der Waals surface area contributed by atoms with Crippen molar-refractivity contribution in [2.75, 3.05) is 47.8 Å². The third-order valence-electron chi connectivity index (χ3n) is 5.71. The molecular formula is C26H26N6. The Balaban J connectivity index is 1.79. The van der Waals surface area contributed by atoms with E-state index in [1.165, 1.54) is 12.1 Å². The maximum absolute atomic E-state index is 8.51. The van der Waals surface area contributed by atoms with Crippen LogP contribution in [0.3, 0.4) is 0 Å². The van der Waals surface area contributed by atoms with Gasteiger partial charge in [-0.3, -0.25) is 0 Å². The average Bonchev–Trinajstić information content (AvgIpc) is 2.87. The second-order valence-corrected chi connectivity index (χ2v) is 7.66. The Morgan fingerprint density at radius 3 is 1.06 bits per heavy atom. The van der Waals surface area contributed by atoms with E-state index in [1.54, 1.807) is 0 Å². The summed E-state index contributed by atoms with van der Waals surface area (Å²) < 4.78 is 34.0. The molecule has 2 aromatic heterocycles. The molecule has 1 aliphatic heterocycles. The van der Waals surface area contributed by atoms with Crippen LogP contribution >= 0.6 is 0 Å². The molecule has 0 atom stereocenters. The number of hydrogen-bond acceptors (Lipinski definition) is 6. The highest BCUT2D eigenvalue weighted by Gasteiger charge is 2.15. The minimum atomic E-state index is 0.152. The van der Waals surface area contributed by atoms with Crippen LogP contribution in [0.25, 0.3) is 0 Å². The number of nitrogens with zero attached hydrogens (tertiary/aromatic N) is 6. The van der Waals surface area contributed by atoms with E-state index in [1.807, 2.05) is 96.3 Å². The van der Waals surface area contributed by atoms with Gasteiger partial charge in [-0.1, -0.05) is 24.3 Å². The molecule has 32 heavy (non-hydrogen) atoms. The highest BCUT2D eigenvalue weighted by atomic mass is 15.3. The van der Waals surface area contributed by atoms with E-state index in [4.69, 9.17) is 15.5 Å². The SMILES string of the molecule is [2H]c1cc([2H])c2nc1N(C)c1cccc(c1)N(C)c1nc(c([2H])cc1[2H])N(C)c1cccc(c1)N2C. The zero-order chi connectivity index (χ0) is 25.7. The van der Waals surface area contributed by atoms with Crippen molar-refractivity contribution in [1.82, 2.24) is 9.97 Å². The van der Waals surface area contributed by atoms with E-state index in [0.717, 1.165) is 22.7 Å². The number of fused-ring (bicyclic) bond motifs is 8. The van der Waals surface area contributed by atoms with Crippen molar-refractivity contribution in [2.24, 2.45) is 0 Å². The Labute approximate surface area is 194 Å². The van der Waals surface area contributed by atoms with Gasteiger partial charge in [0.1, 0.15) is 23.3 Å². The third-order valence-corrected chi connectivity index (χ3v) is 5.71. The van der Waals surface area contributed by atoms with Gasteiger partial charge in [-0.05, 0) is 60.6 Å². The minimum Gasteiger partial charge on any atom is -0.329 e. The van der Waals surface area contributed by atoms with E-state index in [9.17, 15) is 0 Å². The van der Waals surface area contributed by atoms with Gasteiger partial charge < -0.3 is 19.6 Å². The van der Waals surface area contributed by atoms with Crippen LogP contribution in [0.4, 0.5) is 46.0 Å². The molecule has 0 saturated heterocycles. The van der Waals surface area contributed by atoms with Crippen LogP contribution in [-0.4, -0.2) is 38.2 Å². The number of rotatable bonds is 0. The van der Waals surface area contributed by atoms with Gasteiger partial charge in [0.2, 0.25) is 0 Å². The molecular weight excluding hydrogens is 396 g/mol. The number of anilines is 8. The Hall–Kier alpha value is -4.06. The van der Waals surface area contributed by atoms with Gasteiger partial charge in [0.15, 0.2) is 0 Å².